The fraction of sp³-hybridized carbons (Fsp3) is 0.444. The van der Waals surface area contributed by atoms with Crippen molar-refractivity contribution in [2.45, 2.75) is 71.0 Å². The number of hydrogen-bond donors (Lipinski definition) is 1. The highest BCUT2D eigenvalue weighted by Gasteiger charge is 2.30. The largest absolute Gasteiger partial charge is 0.359 e. The number of sulfone groups is 1. The van der Waals surface area contributed by atoms with Crippen molar-refractivity contribution in [3.05, 3.63) is 58.2 Å². The van der Waals surface area contributed by atoms with Crippen LogP contribution in [0.1, 0.15) is 69.4 Å². The molecule has 1 saturated carbocycles. The topological polar surface area (TPSA) is 146 Å². The van der Waals surface area contributed by atoms with Gasteiger partial charge in [-0.25, -0.2) is 38.3 Å². The van der Waals surface area contributed by atoms with E-state index in [-0.39, 0.29) is 34.1 Å². The first-order valence-electron chi connectivity index (χ1n) is 13.1. The van der Waals surface area contributed by atoms with Crippen LogP contribution in [0.2, 0.25) is 0 Å². The van der Waals surface area contributed by atoms with Crippen molar-refractivity contribution < 1.29 is 8.42 Å². The fourth-order valence-corrected chi connectivity index (χ4v) is 5.27. The first kappa shape index (κ1) is 26.8. The van der Waals surface area contributed by atoms with E-state index < -0.39 is 9.84 Å². The van der Waals surface area contributed by atoms with Crippen molar-refractivity contribution in [2.24, 2.45) is 5.92 Å². The highest BCUT2D eigenvalue weighted by Crippen LogP contribution is 2.43. The predicted molar refractivity (Wildman–Crippen MR) is 148 cm³/mol. The molecule has 1 N–H and O–H groups in total. The smallest absolute Gasteiger partial charge is 0.294 e. The molecule has 0 saturated heterocycles. The van der Waals surface area contributed by atoms with Crippen LogP contribution >= 0.6 is 0 Å². The van der Waals surface area contributed by atoms with Gasteiger partial charge in [-0.1, -0.05) is 26.8 Å². The van der Waals surface area contributed by atoms with E-state index in [0.29, 0.717) is 29.5 Å². The average Bonchev–Trinajstić information content (AvgIpc) is 3.76. The summed E-state index contributed by atoms with van der Waals surface area (Å²) in [5.41, 5.74) is 3.94. The Morgan fingerprint density at radius 1 is 1.05 bits per heavy atom. The second kappa shape index (κ2) is 10.4. The molecule has 4 aromatic heterocycles. The van der Waals surface area contributed by atoms with E-state index in [1.54, 1.807) is 30.1 Å². The van der Waals surface area contributed by atoms with Gasteiger partial charge in [0.05, 0.1) is 34.9 Å². The van der Waals surface area contributed by atoms with Gasteiger partial charge in [-0.15, -0.1) is 0 Å². The normalized spacial score (nSPS) is 14.6. The number of nitrogens with one attached hydrogen (secondary N) is 1. The quantitative estimate of drug-likeness (QED) is 0.327. The molecule has 1 unspecified atom stereocenters. The first-order chi connectivity index (χ1) is 18.6. The summed E-state index contributed by atoms with van der Waals surface area (Å²) in [4.78, 5) is 40.7. The molecule has 0 radical (unpaired) electrons. The number of pyridine rings is 1. The van der Waals surface area contributed by atoms with Crippen molar-refractivity contribution in [1.82, 2.24) is 34.5 Å². The van der Waals surface area contributed by atoms with Crippen LogP contribution in [0.25, 0.3) is 22.6 Å². The van der Waals surface area contributed by atoms with Crippen molar-refractivity contribution >= 4 is 26.8 Å². The molecule has 12 heteroatoms. The average molecular weight is 549 g/mol. The zero-order valence-electron chi connectivity index (χ0n) is 22.7. The molecular weight excluding hydrogens is 516 g/mol. The van der Waals surface area contributed by atoms with E-state index in [0.717, 1.165) is 35.4 Å². The summed E-state index contributed by atoms with van der Waals surface area (Å²) in [5.74, 6) is 1.19. The van der Waals surface area contributed by atoms with Crippen LogP contribution in [0.5, 0.6) is 0 Å². The van der Waals surface area contributed by atoms with Crippen LogP contribution in [0.4, 0.5) is 5.82 Å². The van der Waals surface area contributed by atoms with Gasteiger partial charge in [-0.3, -0.25) is 9.36 Å². The third-order valence-electron chi connectivity index (χ3n) is 6.80. The molecular formula is C27H32N8O3S. The maximum absolute atomic E-state index is 13.7. The standard InChI is InChI=1S/C27H32N8O3S/c1-6-39(37,38)21-10-9-19(11-28-21)16(4)32-25-27(36)35(13-15(2)3)26-20(33-25)12-29-24(34-26)22-17(5)30-14-31-23(22)18-7-8-18/h9-12,14-16,18H,6-8,13H2,1-5H3,(H,32,33). The van der Waals surface area contributed by atoms with Crippen molar-refractivity contribution in [1.29, 1.82) is 0 Å². The Morgan fingerprint density at radius 2 is 1.82 bits per heavy atom. The summed E-state index contributed by atoms with van der Waals surface area (Å²) in [5, 5.41) is 3.21. The number of aryl methyl sites for hydroxylation is 1. The number of fused-ring (bicyclic) bond motifs is 1. The lowest BCUT2D eigenvalue weighted by Gasteiger charge is -2.18. The molecule has 1 aliphatic carbocycles. The maximum Gasteiger partial charge on any atom is 0.294 e. The Morgan fingerprint density at radius 3 is 2.46 bits per heavy atom. The van der Waals surface area contributed by atoms with Gasteiger partial charge >= 0.3 is 0 Å². The van der Waals surface area contributed by atoms with E-state index in [1.807, 2.05) is 27.7 Å². The predicted octanol–water partition coefficient (Wildman–Crippen LogP) is 3.85. The lowest BCUT2D eigenvalue weighted by atomic mass is 10.1. The zero-order chi connectivity index (χ0) is 27.9. The summed E-state index contributed by atoms with van der Waals surface area (Å²) in [7, 11) is -3.40. The number of rotatable bonds is 9. The van der Waals surface area contributed by atoms with Crippen LogP contribution in [-0.4, -0.2) is 48.6 Å². The highest BCUT2D eigenvalue weighted by atomic mass is 32.2. The van der Waals surface area contributed by atoms with E-state index in [9.17, 15) is 13.2 Å². The highest BCUT2D eigenvalue weighted by molar-refractivity contribution is 7.91. The van der Waals surface area contributed by atoms with Gasteiger partial charge in [-0.2, -0.15) is 0 Å². The molecule has 204 valence electrons. The second-order valence-electron chi connectivity index (χ2n) is 10.4. The van der Waals surface area contributed by atoms with Crippen molar-refractivity contribution in [2.75, 3.05) is 11.1 Å². The third kappa shape index (κ3) is 5.38. The minimum absolute atomic E-state index is 0.0217. The molecule has 0 bridgehead atoms. The Balaban J connectivity index is 1.55. The third-order valence-corrected chi connectivity index (χ3v) is 8.44. The Bertz CT molecular complexity index is 1700. The zero-order valence-corrected chi connectivity index (χ0v) is 23.5. The number of aromatic nitrogens is 7. The van der Waals surface area contributed by atoms with Crippen LogP contribution < -0.4 is 10.9 Å². The maximum atomic E-state index is 13.7. The minimum Gasteiger partial charge on any atom is -0.359 e. The molecule has 4 aromatic rings. The summed E-state index contributed by atoms with van der Waals surface area (Å²) in [6, 6.07) is 2.82. The molecule has 0 aromatic carbocycles. The molecule has 0 spiro atoms. The van der Waals surface area contributed by atoms with Gasteiger partial charge in [0.25, 0.3) is 5.56 Å². The van der Waals surface area contributed by atoms with Crippen LogP contribution in [0.3, 0.4) is 0 Å². The number of hydrogen-bond acceptors (Lipinski definition) is 10. The molecule has 39 heavy (non-hydrogen) atoms. The van der Waals surface area contributed by atoms with Crippen molar-refractivity contribution in [3.8, 4) is 11.4 Å². The minimum atomic E-state index is -3.40. The molecule has 0 amide bonds. The molecule has 1 fully saturated rings. The number of nitrogens with zero attached hydrogens (tertiary/aromatic N) is 7. The van der Waals surface area contributed by atoms with Gasteiger partial charge < -0.3 is 5.32 Å². The van der Waals surface area contributed by atoms with Gasteiger partial charge in [0, 0.05) is 18.7 Å². The summed E-state index contributed by atoms with van der Waals surface area (Å²) in [6.45, 7) is 9.88. The Hall–Kier alpha value is -3.80. The molecule has 4 heterocycles. The second-order valence-corrected chi connectivity index (χ2v) is 12.6. The lowest BCUT2D eigenvalue weighted by molar-refractivity contribution is 0.520. The van der Waals surface area contributed by atoms with Crippen LogP contribution in [0.15, 0.2) is 40.7 Å². The summed E-state index contributed by atoms with van der Waals surface area (Å²) < 4.78 is 25.8. The van der Waals surface area contributed by atoms with E-state index in [2.05, 4.69) is 30.2 Å². The van der Waals surface area contributed by atoms with Gasteiger partial charge in [-0.05, 0) is 44.2 Å². The van der Waals surface area contributed by atoms with Gasteiger partial charge in [0.15, 0.2) is 32.2 Å². The first-order valence-corrected chi connectivity index (χ1v) is 14.8. The lowest BCUT2D eigenvalue weighted by Crippen LogP contribution is -2.28. The summed E-state index contributed by atoms with van der Waals surface area (Å²) in [6.07, 6.45) is 6.88. The monoisotopic (exact) mass is 548 g/mol. The molecule has 0 aliphatic heterocycles. The molecule has 11 nitrogen and oxygen atoms in total. The van der Waals surface area contributed by atoms with E-state index >= 15 is 0 Å². The fourth-order valence-electron chi connectivity index (χ4n) is 4.49. The SMILES string of the molecule is CCS(=O)(=O)c1ccc(C(C)Nc2nc3cnc(-c4c(C)ncnc4C4CC4)nc3n(CC(C)C)c2=O)cn1. The molecule has 1 aliphatic rings. The molecule has 1 atom stereocenters. The van der Waals surface area contributed by atoms with E-state index in [1.165, 1.54) is 12.3 Å². The Kier molecular flexibility index (Phi) is 7.15. The molecule has 5 rings (SSSR count). The Labute approximate surface area is 227 Å². The van der Waals surface area contributed by atoms with Gasteiger partial charge in [0.1, 0.15) is 11.8 Å². The van der Waals surface area contributed by atoms with Crippen LogP contribution in [0, 0.1) is 12.8 Å². The summed E-state index contributed by atoms with van der Waals surface area (Å²) >= 11 is 0. The van der Waals surface area contributed by atoms with Crippen LogP contribution in [-0.2, 0) is 16.4 Å². The number of anilines is 1. The van der Waals surface area contributed by atoms with E-state index in [4.69, 9.17) is 4.98 Å². The van der Waals surface area contributed by atoms with Crippen molar-refractivity contribution in [3.63, 3.8) is 0 Å². The van der Waals surface area contributed by atoms with Gasteiger partial charge in [0.2, 0.25) is 0 Å².